The molecule has 1 saturated heterocycles. The van der Waals surface area contributed by atoms with E-state index in [0.29, 0.717) is 5.92 Å². The minimum Gasteiger partial charge on any atom is -0.406 e. The highest BCUT2D eigenvalue weighted by Crippen LogP contribution is 2.32. The summed E-state index contributed by atoms with van der Waals surface area (Å²) < 4.78 is 40.6. The van der Waals surface area contributed by atoms with Crippen molar-refractivity contribution in [1.82, 2.24) is 0 Å². The third kappa shape index (κ3) is 4.69. The molecule has 2 aromatic carbocycles. The van der Waals surface area contributed by atoms with Crippen LogP contribution in [-0.4, -0.2) is 19.5 Å². The lowest BCUT2D eigenvalue weighted by Gasteiger charge is -2.34. The van der Waals surface area contributed by atoms with Gasteiger partial charge in [-0.3, -0.25) is 0 Å². The van der Waals surface area contributed by atoms with Gasteiger partial charge < -0.3 is 15.4 Å². The van der Waals surface area contributed by atoms with Gasteiger partial charge in [-0.1, -0.05) is 24.3 Å². The van der Waals surface area contributed by atoms with E-state index in [1.807, 2.05) is 6.92 Å². The second kappa shape index (κ2) is 7.58. The van der Waals surface area contributed by atoms with Crippen molar-refractivity contribution in [2.75, 3.05) is 18.0 Å². The van der Waals surface area contributed by atoms with Crippen LogP contribution in [0.5, 0.6) is 5.75 Å². The number of hydrogen-bond acceptors (Lipinski definition) is 3. The Morgan fingerprint density at radius 1 is 1.00 bits per heavy atom. The Hall–Kier alpha value is -2.21. The Kier molecular flexibility index (Phi) is 5.41. The number of alkyl halides is 3. The zero-order valence-corrected chi connectivity index (χ0v) is 14.7. The van der Waals surface area contributed by atoms with Crippen molar-refractivity contribution in [2.45, 2.75) is 38.1 Å². The Labute approximate surface area is 151 Å². The molecule has 0 aliphatic carbocycles. The molecule has 140 valence electrons. The molecule has 1 fully saturated rings. The number of nitrogens with zero attached hydrogens (tertiary/aromatic N) is 1. The monoisotopic (exact) mass is 364 g/mol. The summed E-state index contributed by atoms with van der Waals surface area (Å²) in [5, 5.41) is 0. The van der Waals surface area contributed by atoms with Gasteiger partial charge in [-0.15, -0.1) is 13.2 Å². The summed E-state index contributed by atoms with van der Waals surface area (Å²) in [5.41, 5.74) is 9.24. The molecule has 2 N–H and O–H groups in total. The zero-order valence-electron chi connectivity index (χ0n) is 14.7. The van der Waals surface area contributed by atoms with E-state index < -0.39 is 6.36 Å². The molecule has 0 radical (unpaired) electrons. The van der Waals surface area contributed by atoms with Crippen molar-refractivity contribution in [3.05, 3.63) is 59.7 Å². The first-order valence-electron chi connectivity index (χ1n) is 8.78. The number of hydrogen-bond donors (Lipinski definition) is 1. The summed E-state index contributed by atoms with van der Waals surface area (Å²) in [6.45, 7) is 3.80. The summed E-state index contributed by atoms with van der Waals surface area (Å²) in [7, 11) is 0. The van der Waals surface area contributed by atoms with Gasteiger partial charge >= 0.3 is 6.36 Å². The minimum absolute atomic E-state index is 0.0269. The van der Waals surface area contributed by atoms with Crippen LogP contribution in [-0.2, 0) is 0 Å². The van der Waals surface area contributed by atoms with E-state index >= 15 is 0 Å². The first-order valence-corrected chi connectivity index (χ1v) is 8.78. The smallest absolute Gasteiger partial charge is 0.406 e. The number of ether oxygens (including phenoxy) is 1. The summed E-state index contributed by atoms with van der Waals surface area (Å²) in [5.74, 6) is 0.183. The molecule has 0 saturated carbocycles. The second-order valence-electron chi connectivity index (χ2n) is 6.76. The average Bonchev–Trinajstić information content (AvgIpc) is 2.61. The molecule has 1 heterocycles. The van der Waals surface area contributed by atoms with Gasteiger partial charge in [-0.05, 0) is 61.1 Å². The topological polar surface area (TPSA) is 38.5 Å². The summed E-state index contributed by atoms with van der Waals surface area (Å²) >= 11 is 0. The zero-order chi connectivity index (χ0) is 18.7. The highest BCUT2D eigenvalue weighted by Gasteiger charge is 2.31. The number of rotatable bonds is 4. The summed E-state index contributed by atoms with van der Waals surface area (Å²) in [6, 6.07) is 14.6. The molecule has 3 rings (SSSR count). The predicted octanol–water partition coefficient (Wildman–Crippen LogP) is 4.99. The van der Waals surface area contributed by atoms with Crippen LogP contribution in [0.2, 0.25) is 0 Å². The maximum atomic E-state index is 12.2. The fourth-order valence-electron chi connectivity index (χ4n) is 3.40. The lowest BCUT2D eigenvalue weighted by Crippen LogP contribution is -2.32. The van der Waals surface area contributed by atoms with E-state index in [4.69, 9.17) is 5.73 Å². The second-order valence-corrected chi connectivity index (χ2v) is 6.76. The maximum Gasteiger partial charge on any atom is 0.573 e. The fourth-order valence-corrected chi connectivity index (χ4v) is 3.40. The maximum absolute atomic E-state index is 12.2. The lowest BCUT2D eigenvalue weighted by molar-refractivity contribution is -0.274. The number of benzene rings is 2. The molecule has 1 aliphatic rings. The third-order valence-electron chi connectivity index (χ3n) is 4.86. The Bertz CT molecular complexity index is 703. The average molecular weight is 364 g/mol. The largest absolute Gasteiger partial charge is 0.573 e. The molecule has 26 heavy (non-hydrogen) atoms. The highest BCUT2D eigenvalue weighted by molar-refractivity contribution is 5.48. The molecule has 3 nitrogen and oxygen atoms in total. The van der Waals surface area contributed by atoms with Crippen LogP contribution in [0, 0.1) is 0 Å². The molecule has 0 spiro atoms. The summed E-state index contributed by atoms with van der Waals surface area (Å²) in [6.07, 6.45) is -2.72. The Balaban J connectivity index is 1.58. The molecule has 1 unspecified atom stereocenters. The van der Waals surface area contributed by atoms with Crippen LogP contribution >= 0.6 is 0 Å². The van der Waals surface area contributed by atoms with E-state index in [1.165, 1.54) is 17.8 Å². The van der Waals surface area contributed by atoms with Crippen LogP contribution in [0.3, 0.4) is 0 Å². The standard InChI is InChI=1S/C20H23F3N2O/c1-14(24)15-2-6-18(7-3-15)25-12-10-17(11-13-25)16-4-8-19(9-5-16)26-20(21,22)23/h2-9,14,17H,10-13,24H2,1H3. The van der Waals surface area contributed by atoms with Crippen molar-refractivity contribution in [1.29, 1.82) is 0 Å². The molecule has 1 atom stereocenters. The lowest BCUT2D eigenvalue weighted by atomic mass is 9.89. The van der Waals surface area contributed by atoms with E-state index in [0.717, 1.165) is 37.1 Å². The van der Waals surface area contributed by atoms with Crippen molar-refractivity contribution < 1.29 is 17.9 Å². The Morgan fingerprint density at radius 2 is 1.58 bits per heavy atom. The molecular weight excluding hydrogens is 341 g/mol. The van der Waals surface area contributed by atoms with Gasteiger partial charge in [-0.25, -0.2) is 0 Å². The molecule has 0 amide bonds. The van der Waals surface area contributed by atoms with Crippen LogP contribution in [0.15, 0.2) is 48.5 Å². The van der Waals surface area contributed by atoms with Crippen molar-refractivity contribution >= 4 is 5.69 Å². The van der Waals surface area contributed by atoms with Crippen molar-refractivity contribution in [3.8, 4) is 5.75 Å². The molecule has 0 aromatic heterocycles. The number of anilines is 1. The van der Waals surface area contributed by atoms with Crippen LogP contribution < -0.4 is 15.4 Å². The van der Waals surface area contributed by atoms with E-state index in [-0.39, 0.29) is 11.8 Å². The van der Waals surface area contributed by atoms with Gasteiger partial charge in [0.25, 0.3) is 0 Å². The van der Waals surface area contributed by atoms with Gasteiger partial charge in [0.15, 0.2) is 0 Å². The van der Waals surface area contributed by atoms with Gasteiger partial charge in [-0.2, -0.15) is 0 Å². The molecule has 0 bridgehead atoms. The molecule has 6 heteroatoms. The SMILES string of the molecule is CC(N)c1ccc(N2CCC(c3ccc(OC(F)(F)F)cc3)CC2)cc1. The normalized spacial score (nSPS) is 17.2. The van der Waals surface area contributed by atoms with E-state index in [2.05, 4.69) is 33.9 Å². The Morgan fingerprint density at radius 3 is 2.08 bits per heavy atom. The molecule has 1 aliphatic heterocycles. The van der Waals surface area contributed by atoms with Gasteiger partial charge in [0.05, 0.1) is 0 Å². The van der Waals surface area contributed by atoms with Crippen molar-refractivity contribution in [3.63, 3.8) is 0 Å². The van der Waals surface area contributed by atoms with Gasteiger partial charge in [0, 0.05) is 24.8 Å². The molecular formula is C20H23F3N2O. The summed E-state index contributed by atoms with van der Waals surface area (Å²) in [4.78, 5) is 2.34. The van der Waals surface area contributed by atoms with Crippen LogP contribution in [0.4, 0.5) is 18.9 Å². The highest BCUT2D eigenvalue weighted by atomic mass is 19.4. The minimum atomic E-state index is -4.65. The van der Waals surface area contributed by atoms with E-state index in [1.54, 1.807) is 12.1 Å². The fraction of sp³-hybridized carbons (Fsp3) is 0.400. The van der Waals surface area contributed by atoms with Crippen LogP contribution in [0.25, 0.3) is 0 Å². The first-order chi connectivity index (χ1) is 12.3. The van der Waals surface area contributed by atoms with Gasteiger partial charge in [0.2, 0.25) is 0 Å². The number of halogens is 3. The third-order valence-corrected chi connectivity index (χ3v) is 4.86. The van der Waals surface area contributed by atoms with Gasteiger partial charge in [0.1, 0.15) is 5.75 Å². The number of nitrogens with two attached hydrogens (primary N) is 1. The quantitative estimate of drug-likeness (QED) is 0.831. The predicted molar refractivity (Wildman–Crippen MR) is 96.4 cm³/mol. The van der Waals surface area contributed by atoms with E-state index in [9.17, 15) is 13.2 Å². The molecule has 2 aromatic rings. The first kappa shape index (κ1) is 18.6. The number of piperidine rings is 1. The van der Waals surface area contributed by atoms with Crippen molar-refractivity contribution in [2.24, 2.45) is 5.73 Å². The van der Waals surface area contributed by atoms with Crippen LogP contribution in [0.1, 0.15) is 42.9 Å².